The first-order valence-corrected chi connectivity index (χ1v) is 13.6. The molecule has 0 radical (unpaired) electrons. The molecule has 2 aliphatic rings. The van der Waals surface area contributed by atoms with E-state index in [1.54, 1.807) is 12.3 Å². The summed E-state index contributed by atoms with van der Waals surface area (Å²) >= 11 is 0. The molecule has 38 heavy (non-hydrogen) atoms. The minimum absolute atomic E-state index is 0.203. The Hall–Kier alpha value is -4.01. The molecule has 4 aromatic rings. The van der Waals surface area contributed by atoms with Gasteiger partial charge in [-0.05, 0) is 50.7 Å². The van der Waals surface area contributed by atoms with Crippen LogP contribution in [0, 0.1) is 5.82 Å². The standard InChI is InChI=1S/C29H33FN8/c30-25-13-5-3-11-22(25)20-38-21-23(24-12-4-6-14-26(24)38)19-31-35-27-32-28(36-15-7-1-8-16-36)34-29(33-27)37-17-9-2-10-18-37/h3-6,11-14,19,21H,1-2,7-10,15-18,20H2,(H,32,33,34,35)/b31-19-. The van der Waals surface area contributed by atoms with Gasteiger partial charge >= 0.3 is 0 Å². The van der Waals surface area contributed by atoms with E-state index in [-0.39, 0.29) is 5.82 Å². The maximum Gasteiger partial charge on any atom is 0.250 e. The van der Waals surface area contributed by atoms with Gasteiger partial charge in [-0.15, -0.1) is 0 Å². The minimum atomic E-state index is -0.203. The minimum Gasteiger partial charge on any atom is -0.342 e. The normalized spacial score (nSPS) is 16.4. The SMILES string of the molecule is Fc1ccccc1Cn1cc(/C=N\Nc2nc(N3CCCCC3)nc(N3CCCCC3)n2)c2ccccc21. The molecule has 0 spiro atoms. The van der Waals surface area contributed by atoms with E-state index in [0.717, 1.165) is 80.2 Å². The molecule has 0 atom stereocenters. The zero-order valence-corrected chi connectivity index (χ0v) is 21.6. The number of piperidine rings is 2. The number of hydrazone groups is 1. The maximum atomic E-state index is 14.3. The molecule has 8 nitrogen and oxygen atoms in total. The molecule has 6 rings (SSSR count). The second kappa shape index (κ2) is 11.2. The molecule has 2 aromatic heterocycles. The number of rotatable bonds is 7. The van der Waals surface area contributed by atoms with Crippen molar-refractivity contribution in [3.63, 3.8) is 0 Å². The summed E-state index contributed by atoms with van der Waals surface area (Å²) in [6.07, 6.45) is 10.9. The van der Waals surface area contributed by atoms with Crippen molar-refractivity contribution in [2.45, 2.75) is 45.1 Å². The Bertz CT molecular complexity index is 1380. The van der Waals surface area contributed by atoms with E-state index in [4.69, 9.17) is 15.0 Å². The summed E-state index contributed by atoms with van der Waals surface area (Å²) in [6, 6.07) is 15.0. The summed E-state index contributed by atoms with van der Waals surface area (Å²) in [6.45, 7) is 4.31. The van der Waals surface area contributed by atoms with Crippen molar-refractivity contribution in [1.82, 2.24) is 19.5 Å². The number of fused-ring (bicyclic) bond motifs is 1. The van der Waals surface area contributed by atoms with Gasteiger partial charge in [-0.1, -0.05) is 36.4 Å². The lowest BCUT2D eigenvalue weighted by molar-refractivity contribution is 0.556. The van der Waals surface area contributed by atoms with Gasteiger partial charge in [0.25, 0.3) is 0 Å². The third-order valence-electron chi connectivity index (χ3n) is 7.38. The number of benzene rings is 2. The van der Waals surface area contributed by atoms with Gasteiger partial charge in [-0.2, -0.15) is 20.1 Å². The van der Waals surface area contributed by atoms with Crippen LogP contribution in [0.3, 0.4) is 0 Å². The van der Waals surface area contributed by atoms with Gasteiger partial charge in [0.05, 0.1) is 12.8 Å². The first-order chi connectivity index (χ1) is 18.7. The van der Waals surface area contributed by atoms with Crippen LogP contribution < -0.4 is 15.2 Å². The number of hydrogen-bond donors (Lipinski definition) is 1. The van der Waals surface area contributed by atoms with Crippen molar-refractivity contribution in [2.24, 2.45) is 5.10 Å². The average Bonchev–Trinajstić information content (AvgIpc) is 3.32. The van der Waals surface area contributed by atoms with Crippen molar-refractivity contribution < 1.29 is 4.39 Å². The lowest BCUT2D eigenvalue weighted by Crippen LogP contribution is -2.34. The second-order valence-corrected chi connectivity index (χ2v) is 10.0. The van der Waals surface area contributed by atoms with Crippen LogP contribution in [0.5, 0.6) is 0 Å². The van der Waals surface area contributed by atoms with Gasteiger partial charge in [0, 0.05) is 54.4 Å². The zero-order valence-electron chi connectivity index (χ0n) is 21.6. The molecule has 2 saturated heterocycles. The molecule has 0 saturated carbocycles. The van der Waals surface area contributed by atoms with Crippen LogP contribution in [0.4, 0.5) is 22.2 Å². The van der Waals surface area contributed by atoms with Crippen molar-refractivity contribution in [2.75, 3.05) is 41.4 Å². The molecular formula is C29H33FN8. The van der Waals surface area contributed by atoms with Crippen LogP contribution in [-0.2, 0) is 6.54 Å². The molecule has 0 aliphatic carbocycles. The number of hydrogen-bond acceptors (Lipinski definition) is 7. The number of nitrogens with one attached hydrogen (secondary N) is 1. The highest BCUT2D eigenvalue weighted by Gasteiger charge is 2.20. The number of nitrogens with zero attached hydrogens (tertiary/aromatic N) is 7. The van der Waals surface area contributed by atoms with Crippen molar-refractivity contribution in [3.05, 3.63) is 71.7 Å². The predicted molar refractivity (Wildman–Crippen MR) is 151 cm³/mol. The molecule has 2 fully saturated rings. The molecule has 9 heteroatoms. The highest BCUT2D eigenvalue weighted by Crippen LogP contribution is 2.24. The molecule has 0 unspecified atom stereocenters. The Labute approximate surface area is 222 Å². The summed E-state index contributed by atoms with van der Waals surface area (Å²) in [4.78, 5) is 18.8. The highest BCUT2D eigenvalue weighted by molar-refractivity contribution is 5.99. The second-order valence-electron chi connectivity index (χ2n) is 10.0. The molecule has 196 valence electrons. The number of para-hydroxylation sites is 1. The topological polar surface area (TPSA) is 74.5 Å². The Morgan fingerprint density at radius 3 is 2.11 bits per heavy atom. The molecule has 2 aromatic carbocycles. The van der Waals surface area contributed by atoms with Crippen LogP contribution in [0.25, 0.3) is 10.9 Å². The molecule has 0 amide bonds. The number of aromatic nitrogens is 4. The molecule has 1 N–H and O–H groups in total. The van der Waals surface area contributed by atoms with Gasteiger partial charge < -0.3 is 14.4 Å². The summed E-state index contributed by atoms with van der Waals surface area (Å²) in [7, 11) is 0. The Morgan fingerprint density at radius 2 is 1.42 bits per heavy atom. The van der Waals surface area contributed by atoms with Crippen LogP contribution in [0.15, 0.2) is 59.8 Å². The quantitative estimate of drug-likeness (QED) is 0.263. The monoisotopic (exact) mass is 512 g/mol. The predicted octanol–water partition coefficient (Wildman–Crippen LogP) is 5.44. The van der Waals surface area contributed by atoms with Gasteiger partial charge in [0.15, 0.2) is 0 Å². The molecular weight excluding hydrogens is 479 g/mol. The molecule has 2 aliphatic heterocycles. The lowest BCUT2D eigenvalue weighted by Gasteiger charge is -2.30. The number of anilines is 3. The van der Waals surface area contributed by atoms with E-state index in [0.29, 0.717) is 18.1 Å². The smallest absolute Gasteiger partial charge is 0.250 e. The third-order valence-corrected chi connectivity index (χ3v) is 7.38. The van der Waals surface area contributed by atoms with Gasteiger partial charge in [-0.25, -0.2) is 9.82 Å². The van der Waals surface area contributed by atoms with Crippen LogP contribution in [0.1, 0.15) is 49.7 Å². The van der Waals surface area contributed by atoms with Crippen molar-refractivity contribution in [3.8, 4) is 0 Å². The summed E-state index contributed by atoms with van der Waals surface area (Å²) in [5.74, 6) is 1.69. The van der Waals surface area contributed by atoms with Gasteiger partial charge in [-0.3, -0.25) is 0 Å². The first-order valence-electron chi connectivity index (χ1n) is 13.6. The van der Waals surface area contributed by atoms with Crippen molar-refractivity contribution in [1.29, 1.82) is 0 Å². The first kappa shape index (κ1) is 24.3. The fourth-order valence-corrected chi connectivity index (χ4v) is 5.35. The zero-order chi connectivity index (χ0) is 25.7. The fourth-order valence-electron chi connectivity index (χ4n) is 5.35. The van der Waals surface area contributed by atoms with Crippen LogP contribution in [0.2, 0.25) is 0 Å². The summed E-state index contributed by atoms with van der Waals surface area (Å²) < 4.78 is 16.4. The summed E-state index contributed by atoms with van der Waals surface area (Å²) in [5.41, 5.74) is 5.68. The average molecular weight is 513 g/mol. The highest BCUT2D eigenvalue weighted by atomic mass is 19.1. The largest absolute Gasteiger partial charge is 0.342 e. The Kier molecular flexibility index (Phi) is 7.15. The van der Waals surface area contributed by atoms with E-state index in [1.807, 2.05) is 36.5 Å². The third kappa shape index (κ3) is 5.32. The fraction of sp³-hybridized carbons (Fsp3) is 0.379. The van der Waals surface area contributed by atoms with Gasteiger partial charge in [0.2, 0.25) is 17.8 Å². The van der Waals surface area contributed by atoms with Crippen molar-refractivity contribution >= 4 is 35.0 Å². The molecule has 0 bridgehead atoms. The van der Waals surface area contributed by atoms with E-state index in [9.17, 15) is 4.39 Å². The molecule has 4 heterocycles. The lowest BCUT2D eigenvalue weighted by atomic mass is 10.1. The van der Waals surface area contributed by atoms with E-state index < -0.39 is 0 Å². The van der Waals surface area contributed by atoms with Crippen LogP contribution >= 0.6 is 0 Å². The van der Waals surface area contributed by atoms with E-state index >= 15 is 0 Å². The van der Waals surface area contributed by atoms with E-state index in [2.05, 4.69) is 31.0 Å². The Balaban J connectivity index is 1.26. The van der Waals surface area contributed by atoms with Gasteiger partial charge in [0.1, 0.15) is 5.82 Å². The van der Waals surface area contributed by atoms with E-state index in [1.165, 1.54) is 18.9 Å². The van der Waals surface area contributed by atoms with Crippen LogP contribution in [-0.4, -0.2) is 51.9 Å². The summed E-state index contributed by atoms with van der Waals surface area (Å²) in [5, 5.41) is 5.57. The Morgan fingerprint density at radius 1 is 0.789 bits per heavy atom. The maximum absolute atomic E-state index is 14.3. The number of halogens is 1.